The van der Waals surface area contributed by atoms with Crippen molar-refractivity contribution in [1.29, 1.82) is 0 Å². The number of carbonyl (C=O) groups excluding carboxylic acids is 1. The van der Waals surface area contributed by atoms with Crippen LogP contribution in [0.1, 0.15) is 26.7 Å². The molecule has 6 nitrogen and oxygen atoms in total. The minimum atomic E-state index is -0.0950. The second-order valence-electron chi connectivity index (χ2n) is 6.49. The van der Waals surface area contributed by atoms with E-state index >= 15 is 0 Å². The Morgan fingerprint density at radius 1 is 0.964 bits per heavy atom. The monoisotopic (exact) mass is 375 g/mol. The molecule has 1 heterocycles. The Morgan fingerprint density at radius 2 is 1.68 bits per heavy atom. The Kier molecular flexibility index (Phi) is 6.57. The molecule has 3 aromatic rings. The van der Waals surface area contributed by atoms with Gasteiger partial charge in [0.2, 0.25) is 11.9 Å². The van der Waals surface area contributed by atoms with Crippen LogP contribution in [0.25, 0.3) is 11.3 Å². The molecule has 2 aromatic carbocycles. The minimum absolute atomic E-state index is 0.0950. The maximum absolute atomic E-state index is 11.2. The maximum atomic E-state index is 11.2. The number of aromatic nitrogens is 2. The first-order valence-corrected chi connectivity index (χ1v) is 9.47. The molecule has 0 saturated carbocycles. The highest BCUT2D eigenvalue weighted by Gasteiger charge is 2.07. The lowest BCUT2D eigenvalue weighted by Crippen LogP contribution is -2.07. The van der Waals surface area contributed by atoms with Crippen molar-refractivity contribution in [3.05, 3.63) is 60.7 Å². The molecule has 0 unspecified atom stereocenters. The molecular weight excluding hydrogens is 350 g/mol. The molecule has 1 amide bonds. The van der Waals surface area contributed by atoms with E-state index in [1.165, 1.54) is 6.92 Å². The zero-order chi connectivity index (χ0) is 19.8. The molecular formula is C22H25N5O. The molecule has 0 aliphatic heterocycles. The first-order chi connectivity index (χ1) is 13.6. The Balaban J connectivity index is 1.84. The number of nitrogens with one attached hydrogen (secondary N) is 3. The molecule has 0 aliphatic carbocycles. The Bertz CT molecular complexity index is 910. The second-order valence-corrected chi connectivity index (χ2v) is 6.49. The van der Waals surface area contributed by atoms with Gasteiger partial charge in [-0.05, 0) is 30.7 Å². The summed E-state index contributed by atoms with van der Waals surface area (Å²) in [7, 11) is 0. The van der Waals surface area contributed by atoms with Crippen molar-refractivity contribution in [2.24, 2.45) is 0 Å². The fourth-order valence-electron chi connectivity index (χ4n) is 2.71. The third-order valence-electron chi connectivity index (χ3n) is 4.09. The van der Waals surface area contributed by atoms with E-state index in [2.05, 4.69) is 32.8 Å². The standard InChI is InChI=1S/C22H25N5O/c1-3-4-14-23-21-15-20(17-8-6-5-7-9-17)26-22(27-21)25-19-12-10-18(11-13-19)24-16(2)28/h5-13,15H,3-4,14H2,1-2H3,(H,24,28)(H2,23,25,26,27). The minimum Gasteiger partial charge on any atom is -0.370 e. The highest BCUT2D eigenvalue weighted by atomic mass is 16.1. The molecule has 6 heteroatoms. The van der Waals surface area contributed by atoms with Crippen LogP contribution in [0.3, 0.4) is 0 Å². The largest absolute Gasteiger partial charge is 0.370 e. The van der Waals surface area contributed by atoms with Gasteiger partial charge in [-0.2, -0.15) is 4.98 Å². The molecule has 3 N–H and O–H groups in total. The van der Waals surface area contributed by atoms with Crippen molar-refractivity contribution in [3.63, 3.8) is 0 Å². The first-order valence-electron chi connectivity index (χ1n) is 9.47. The van der Waals surface area contributed by atoms with Crippen LogP contribution < -0.4 is 16.0 Å². The highest BCUT2D eigenvalue weighted by Crippen LogP contribution is 2.23. The number of nitrogens with zero attached hydrogens (tertiary/aromatic N) is 2. The van der Waals surface area contributed by atoms with Gasteiger partial charge in [0.05, 0.1) is 5.69 Å². The number of benzene rings is 2. The summed E-state index contributed by atoms with van der Waals surface area (Å²) < 4.78 is 0. The summed E-state index contributed by atoms with van der Waals surface area (Å²) in [6.07, 6.45) is 2.20. The number of hydrogen-bond donors (Lipinski definition) is 3. The van der Waals surface area contributed by atoms with Crippen LogP contribution in [0.4, 0.5) is 23.1 Å². The van der Waals surface area contributed by atoms with Crippen LogP contribution in [0.15, 0.2) is 60.7 Å². The molecule has 0 bridgehead atoms. The molecule has 0 aliphatic rings. The van der Waals surface area contributed by atoms with Crippen LogP contribution in [-0.2, 0) is 4.79 Å². The summed E-state index contributed by atoms with van der Waals surface area (Å²) in [6.45, 7) is 4.52. The van der Waals surface area contributed by atoms with E-state index in [1.807, 2.05) is 60.7 Å². The number of rotatable bonds is 8. The Morgan fingerprint density at radius 3 is 2.36 bits per heavy atom. The predicted molar refractivity (Wildman–Crippen MR) is 115 cm³/mol. The van der Waals surface area contributed by atoms with E-state index in [4.69, 9.17) is 0 Å². The van der Waals surface area contributed by atoms with E-state index in [0.29, 0.717) is 5.95 Å². The molecule has 144 valence electrons. The number of hydrogen-bond acceptors (Lipinski definition) is 5. The Hall–Kier alpha value is -3.41. The third kappa shape index (κ3) is 5.54. The van der Waals surface area contributed by atoms with E-state index in [-0.39, 0.29) is 5.91 Å². The van der Waals surface area contributed by atoms with Crippen molar-refractivity contribution in [2.45, 2.75) is 26.7 Å². The SMILES string of the molecule is CCCCNc1cc(-c2ccccc2)nc(Nc2ccc(NC(C)=O)cc2)n1. The highest BCUT2D eigenvalue weighted by molar-refractivity contribution is 5.88. The van der Waals surface area contributed by atoms with Gasteiger partial charge in [0, 0.05) is 36.5 Å². The molecule has 28 heavy (non-hydrogen) atoms. The lowest BCUT2D eigenvalue weighted by molar-refractivity contribution is -0.114. The van der Waals surface area contributed by atoms with Crippen molar-refractivity contribution in [2.75, 3.05) is 22.5 Å². The van der Waals surface area contributed by atoms with Crippen molar-refractivity contribution in [1.82, 2.24) is 9.97 Å². The van der Waals surface area contributed by atoms with Crippen LogP contribution in [0, 0.1) is 0 Å². The smallest absolute Gasteiger partial charge is 0.229 e. The Labute approximate surface area is 165 Å². The summed E-state index contributed by atoms with van der Waals surface area (Å²) in [5.41, 5.74) is 3.48. The summed E-state index contributed by atoms with van der Waals surface area (Å²) in [5, 5.41) is 9.38. The van der Waals surface area contributed by atoms with E-state index in [1.54, 1.807) is 0 Å². The number of anilines is 4. The summed E-state index contributed by atoms with van der Waals surface area (Å²) in [5.74, 6) is 1.22. The molecule has 0 atom stereocenters. The fraction of sp³-hybridized carbons (Fsp3) is 0.227. The first kappa shape index (κ1) is 19.4. The quantitative estimate of drug-likeness (QED) is 0.480. The summed E-state index contributed by atoms with van der Waals surface area (Å²) in [4.78, 5) is 20.4. The van der Waals surface area contributed by atoms with E-state index in [9.17, 15) is 4.79 Å². The van der Waals surface area contributed by atoms with Gasteiger partial charge in [0.25, 0.3) is 0 Å². The maximum Gasteiger partial charge on any atom is 0.229 e. The van der Waals surface area contributed by atoms with Gasteiger partial charge >= 0.3 is 0 Å². The lowest BCUT2D eigenvalue weighted by atomic mass is 10.1. The third-order valence-corrected chi connectivity index (χ3v) is 4.09. The van der Waals surface area contributed by atoms with Crippen molar-refractivity contribution >= 4 is 29.0 Å². The van der Waals surface area contributed by atoms with Gasteiger partial charge in [0.1, 0.15) is 5.82 Å². The predicted octanol–water partition coefficient (Wildman–Crippen LogP) is 5.06. The average Bonchev–Trinajstić information content (AvgIpc) is 2.70. The van der Waals surface area contributed by atoms with Gasteiger partial charge in [-0.3, -0.25) is 4.79 Å². The van der Waals surface area contributed by atoms with Crippen LogP contribution in [-0.4, -0.2) is 22.4 Å². The number of carbonyl (C=O) groups is 1. The molecule has 0 spiro atoms. The van der Waals surface area contributed by atoms with Crippen LogP contribution in [0.5, 0.6) is 0 Å². The molecule has 3 rings (SSSR count). The van der Waals surface area contributed by atoms with Crippen molar-refractivity contribution in [3.8, 4) is 11.3 Å². The van der Waals surface area contributed by atoms with Gasteiger partial charge in [0.15, 0.2) is 0 Å². The number of unbranched alkanes of at least 4 members (excludes halogenated alkanes) is 1. The van der Waals surface area contributed by atoms with Crippen LogP contribution in [0.2, 0.25) is 0 Å². The van der Waals surface area contributed by atoms with E-state index in [0.717, 1.165) is 47.8 Å². The van der Waals surface area contributed by atoms with Gasteiger partial charge in [-0.25, -0.2) is 4.98 Å². The van der Waals surface area contributed by atoms with Crippen molar-refractivity contribution < 1.29 is 4.79 Å². The second kappa shape index (κ2) is 9.50. The molecule has 0 saturated heterocycles. The van der Waals surface area contributed by atoms with Gasteiger partial charge < -0.3 is 16.0 Å². The average molecular weight is 375 g/mol. The van der Waals surface area contributed by atoms with Crippen LogP contribution >= 0.6 is 0 Å². The van der Waals surface area contributed by atoms with E-state index < -0.39 is 0 Å². The molecule has 0 fully saturated rings. The zero-order valence-electron chi connectivity index (χ0n) is 16.2. The molecule has 0 radical (unpaired) electrons. The van der Waals surface area contributed by atoms with Gasteiger partial charge in [-0.15, -0.1) is 0 Å². The summed E-state index contributed by atoms with van der Waals surface area (Å²) in [6, 6.07) is 19.5. The van der Waals surface area contributed by atoms with Gasteiger partial charge in [-0.1, -0.05) is 43.7 Å². The normalized spacial score (nSPS) is 10.4. The number of amides is 1. The fourth-order valence-corrected chi connectivity index (χ4v) is 2.71. The summed E-state index contributed by atoms with van der Waals surface area (Å²) >= 11 is 0. The topological polar surface area (TPSA) is 78.9 Å². The lowest BCUT2D eigenvalue weighted by Gasteiger charge is -2.12. The zero-order valence-corrected chi connectivity index (χ0v) is 16.2. The molecule has 1 aromatic heterocycles.